The monoisotopic (exact) mass is 307 g/mol. The molecule has 21 heavy (non-hydrogen) atoms. The van der Waals surface area contributed by atoms with Gasteiger partial charge < -0.3 is 4.42 Å². The average Bonchev–Trinajstić information content (AvgIpc) is 2.89. The first-order valence-electron chi connectivity index (χ1n) is 7.44. The van der Waals surface area contributed by atoms with Crippen molar-refractivity contribution in [2.45, 2.75) is 51.3 Å². The van der Waals surface area contributed by atoms with Crippen molar-refractivity contribution in [3.63, 3.8) is 0 Å². The van der Waals surface area contributed by atoms with Gasteiger partial charge in [0.25, 0.3) is 0 Å². The molecule has 4 heteroatoms. The van der Waals surface area contributed by atoms with Crippen LogP contribution in [0.1, 0.15) is 39.7 Å². The summed E-state index contributed by atoms with van der Waals surface area (Å²) >= 11 is 0. The van der Waals surface area contributed by atoms with Crippen LogP contribution in [0.15, 0.2) is 34.9 Å². The molecular formula is C17H25NO2S. The van der Waals surface area contributed by atoms with Crippen LogP contribution in [-0.4, -0.2) is 26.4 Å². The van der Waals surface area contributed by atoms with Crippen LogP contribution in [0.4, 0.5) is 0 Å². The molecule has 0 spiro atoms. The summed E-state index contributed by atoms with van der Waals surface area (Å²) < 4.78 is 19.7. The van der Waals surface area contributed by atoms with Gasteiger partial charge >= 0.3 is 0 Å². The maximum Gasteiger partial charge on any atom is 0.133 e. The molecule has 0 bridgehead atoms. The second-order valence-electron chi connectivity index (χ2n) is 6.47. The molecule has 0 saturated carbocycles. The second-order valence-corrected chi connectivity index (χ2v) is 8.77. The van der Waals surface area contributed by atoms with Crippen LogP contribution >= 0.6 is 0 Å². The molecule has 0 saturated heterocycles. The molecule has 2 rings (SSSR count). The molecule has 1 unspecified atom stereocenters. The lowest BCUT2D eigenvalue weighted by molar-refractivity contribution is 0.369. The van der Waals surface area contributed by atoms with Crippen LogP contribution in [0.2, 0.25) is 0 Å². The Labute approximate surface area is 129 Å². The van der Waals surface area contributed by atoms with Gasteiger partial charge in [0, 0.05) is 18.5 Å². The SMILES string of the molecule is CC[C@@H](Cc1ccc2occc2c1)N(C)S(=O)C(C)(C)C. The maximum absolute atomic E-state index is 12.5. The zero-order valence-corrected chi connectivity index (χ0v) is 14.4. The van der Waals surface area contributed by atoms with Gasteiger partial charge in [0.05, 0.1) is 22.0 Å². The van der Waals surface area contributed by atoms with E-state index in [0.717, 1.165) is 23.8 Å². The summed E-state index contributed by atoms with van der Waals surface area (Å²) in [5, 5.41) is 1.13. The maximum atomic E-state index is 12.5. The van der Waals surface area contributed by atoms with Crippen molar-refractivity contribution in [2.75, 3.05) is 7.05 Å². The predicted molar refractivity (Wildman–Crippen MR) is 89.7 cm³/mol. The summed E-state index contributed by atoms with van der Waals surface area (Å²) in [7, 11) is 0.974. The Bertz CT molecular complexity index is 627. The van der Waals surface area contributed by atoms with Crippen LogP contribution in [0.3, 0.4) is 0 Å². The number of likely N-dealkylation sites (N-methyl/N-ethyl adjacent to an activating group) is 1. The first-order chi connectivity index (χ1) is 9.82. The van der Waals surface area contributed by atoms with Gasteiger partial charge in [-0.1, -0.05) is 13.0 Å². The Morgan fingerprint density at radius 1 is 1.29 bits per heavy atom. The lowest BCUT2D eigenvalue weighted by atomic mass is 10.0. The normalized spacial score (nSPS) is 15.5. The van der Waals surface area contributed by atoms with Crippen LogP contribution in [0, 0.1) is 0 Å². The zero-order valence-electron chi connectivity index (χ0n) is 13.6. The smallest absolute Gasteiger partial charge is 0.133 e. The summed E-state index contributed by atoms with van der Waals surface area (Å²) in [5.41, 5.74) is 2.17. The van der Waals surface area contributed by atoms with E-state index in [1.807, 2.05) is 44.3 Å². The minimum absolute atomic E-state index is 0.226. The molecule has 0 fully saturated rings. The van der Waals surface area contributed by atoms with Crippen LogP contribution < -0.4 is 0 Å². The summed E-state index contributed by atoms with van der Waals surface area (Å²) in [5.74, 6) is 0. The molecule has 0 N–H and O–H groups in total. The molecule has 2 aromatic rings. The Hall–Kier alpha value is -1.13. The van der Waals surface area contributed by atoms with E-state index in [2.05, 4.69) is 19.1 Å². The van der Waals surface area contributed by atoms with Crippen molar-refractivity contribution in [2.24, 2.45) is 0 Å². The van der Waals surface area contributed by atoms with Gasteiger partial charge in [-0.3, -0.25) is 0 Å². The van der Waals surface area contributed by atoms with E-state index in [1.165, 1.54) is 5.56 Å². The van der Waals surface area contributed by atoms with Crippen molar-refractivity contribution in [1.82, 2.24) is 4.31 Å². The topological polar surface area (TPSA) is 33.5 Å². The largest absolute Gasteiger partial charge is 0.464 e. The molecule has 0 aliphatic carbocycles. The fourth-order valence-electron chi connectivity index (χ4n) is 2.51. The molecule has 1 aromatic carbocycles. The number of benzene rings is 1. The highest BCUT2D eigenvalue weighted by atomic mass is 32.2. The van der Waals surface area contributed by atoms with Gasteiger partial charge in [-0.05, 0) is 57.4 Å². The predicted octanol–water partition coefficient (Wildman–Crippen LogP) is 4.15. The van der Waals surface area contributed by atoms with E-state index >= 15 is 0 Å². The highest BCUT2D eigenvalue weighted by Gasteiger charge is 2.28. The number of fused-ring (bicyclic) bond motifs is 1. The number of rotatable bonds is 5. The van der Waals surface area contributed by atoms with E-state index in [9.17, 15) is 4.21 Å². The van der Waals surface area contributed by atoms with Crippen molar-refractivity contribution < 1.29 is 8.63 Å². The Morgan fingerprint density at radius 3 is 2.62 bits per heavy atom. The Kier molecular flexibility index (Phi) is 4.89. The van der Waals surface area contributed by atoms with Crippen LogP contribution in [0.25, 0.3) is 11.0 Å². The first kappa shape index (κ1) is 16.2. The van der Waals surface area contributed by atoms with Gasteiger partial charge in [0.1, 0.15) is 5.58 Å². The van der Waals surface area contributed by atoms with Gasteiger partial charge in [0.2, 0.25) is 0 Å². The average molecular weight is 307 g/mol. The van der Waals surface area contributed by atoms with Gasteiger partial charge in [-0.15, -0.1) is 0 Å². The molecule has 0 radical (unpaired) electrons. The first-order valence-corrected chi connectivity index (χ1v) is 8.54. The summed E-state index contributed by atoms with van der Waals surface area (Å²) in [4.78, 5) is 0. The molecule has 116 valence electrons. The second kappa shape index (κ2) is 6.32. The van der Waals surface area contributed by atoms with E-state index < -0.39 is 11.0 Å². The van der Waals surface area contributed by atoms with Gasteiger partial charge in [-0.2, -0.15) is 0 Å². The Balaban J connectivity index is 2.16. The van der Waals surface area contributed by atoms with Crippen LogP contribution in [-0.2, 0) is 17.4 Å². The molecular weight excluding hydrogens is 282 g/mol. The third kappa shape index (κ3) is 3.74. The fraction of sp³-hybridized carbons (Fsp3) is 0.529. The number of furan rings is 1. The lowest BCUT2D eigenvalue weighted by Crippen LogP contribution is -2.42. The molecule has 0 aliphatic rings. The lowest BCUT2D eigenvalue weighted by Gasteiger charge is -2.31. The molecule has 2 atom stereocenters. The molecule has 0 aliphatic heterocycles. The van der Waals surface area contributed by atoms with Crippen LogP contribution in [0.5, 0.6) is 0 Å². The van der Waals surface area contributed by atoms with E-state index in [0.29, 0.717) is 0 Å². The van der Waals surface area contributed by atoms with Gasteiger partial charge in [0.15, 0.2) is 0 Å². The van der Waals surface area contributed by atoms with Crippen molar-refractivity contribution in [3.8, 4) is 0 Å². The van der Waals surface area contributed by atoms with E-state index in [4.69, 9.17) is 4.42 Å². The van der Waals surface area contributed by atoms with Gasteiger partial charge in [-0.25, -0.2) is 8.51 Å². The minimum Gasteiger partial charge on any atom is -0.464 e. The van der Waals surface area contributed by atoms with Crippen molar-refractivity contribution in [1.29, 1.82) is 0 Å². The number of nitrogens with zero attached hydrogens (tertiary/aromatic N) is 1. The summed E-state index contributed by atoms with van der Waals surface area (Å²) in [6, 6.07) is 8.53. The molecule has 1 heterocycles. The summed E-state index contributed by atoms with van der Waals surface area (Å²) in [6.45, 7) is 8.20. The number of hydrogen-bond donors (Lipinski definition) is 0. The third-order valence-electron chi connectivity index (χ3n) is 3.76. The zero-order chi connectivity index (χ0) is 15.6. The quantitative estimate of drug-likeness (QED) is 0.831. The van der Waals surface area contributed by atoms with Crippen molar-refractivity contribution >= 4 is 22.0 Å². The molecule has 3 nitrogen and oxygen atoms in total. The highest BCUT2D eigenvalue weighted by Crippen LogP contribution is 2.22. The molecule has 1 aromatic heterocycles. The summed E-state index contributed by atoms with van der Waals surface area (Å²) in [6.07, 6.45) is 3.59. The number of hydrogen-bond acceptors (Lipinski definition) is 2. The Morgan fingerprint density at radius 2 is 2.00 bits per heavy atom. The van der Waals surface area contributed by atoms with Crippen molar-refractivity contribution in [3.05, 3.63) is 36.1 Å². The molecule has 0 amide bonds. The third-order valence-corrected chi connectivity index (χ3v) is 5.63. The van der Waals surface area contributed by atoms with E-state index in [1.54, 1.807) is 6.26 Å². The van der Waals surface area contributed by atoms with E-state index in [-0.39, 0.29) is 10.8 Å². The fourth-order valence-corrected chi connectivity index (χ4v) is 3.87. The minimum atomic E-state index is -0.990. The highest BCUT2D eigenvalue weighted by molar-refractivity contribution is 7.84. The standard InChI is InChI=1S/C17H25NO2S/c1-6-15(18(5)21(19)17(2,3)4)12-13-7-8-16-14(11-13)9-10-20-16/h7-11,15H,6,12H2,1-5H3/t15-,21?/m0/s1.